The van der Waals surface area contributed by atoms with E-state index in [4.69, 9.17) is 0 Å². The fourth-order valence-corrected chi connectivity index (χ4v) is 5.39. The van der Waals surface area contributed by atoms with Crippen LogP contribution in [0.5, 0.6) is 0 Å². The number of anilines is 2. The zero-order valence-electron chi connectivity index (χ0n) is 17.6. The van der Waals surface area contributed by atoms with Gasteiger partial charge in [0.15, 0.2) is 0 Å². The molecule has 1 aliphatic carbocycles. The lowest BCUT2D eigenvalue weighted by Crippen LogP contribution is -2.15. The maximum Gasteiger partial charge on any atom is 0.0966 e. The van der Waals surface area contributed by atoms with E-state index in [0.717, 1.165) is 50.8 Å². The smallest absolute Gasteiger partial charge is 0.0966 e. The van der Waals surface area contributed by atoms with E-state index >= 15 is 0 Å². The largest absolute Gasteiger partial charge is 0.387 e. The molecule has 4 heteroatoms. The highest BCUT2D eigenvalue weighted by Crippen LogP contribution is 2.41. The van der Waals surface area contributed by atoms with E-state index in [2.05, 4.69) is 69.6 Å². The number of aliphatic hydroxyl groups excluding tert-OH is 1. The summed E-state index contributed by atoms with van der Waals surface area (Å²) in [6.07, 6.45) is 9.73. The predicted molar refractivity (Wildman–Crippen MR) is 125 cm³/mol. The highest BCUT2D eigenvalue weighted by atomic mass is 16.3. The van der Waals surface area contributed by atoms with Crippen LogP contribution in [0.15, 0.2) is 60.9 Å². The maximum atomic E-state index is 10.2. The average Bonchev–Trinajstić information content (AvgIpc) is 3.51. The quantitative estimate of drug-likeness (QED) is 0.463. The minimum Gasteiger partial charge on any atom is -0.387 e. The van der Waals surface area contributed by atoms with Crippen LogP contribution in [-0.4, -0.2) is 21.6 Å². The molecule has 0 spiro atoms. The summed E-state index contributed by atoms with van der Waals surface area (Å²) in [4.78, 5) is 10.2. The molecule has 0 saturated carbocycles. The van der Waals surface area contributed by atoms with Crippen molar-refractivity contribution in [2.75, 3.05) is 11.4 Å². The number of aliphatic hydroxyl groups is 1. The summed E-state index contributed by atoms with van der Waals surface area (Å²) in [6.45, 7) is 1.00. The van der Waals surface area contributed by atoms with Crippen LogP contribution in [0.2, 0.25) is 0 Å². The minimum absolute atomic E-state index is 0.406. The Kier molecular flexibility index (Phi) is 4.53. The van der Waals surface area contributed by atoms with Crippen molar-refractivity contribution in [1.82, 2.24) is 9.97 Å². The highest BCUT2D eigenvalue weighted by Gasteiger charge is 2.29. The molecule has 31 heavy (non-hydrogen) atoms. The second-order valence-electron chi connectivity index (χ2n) is 8.83. The number of aromatic nitrogens is 2. The molecule has 2 aliphatic rings. The summed E-state index contributed by atoms with van der Waals surface area (Å²) in [5.41, 5.74) is 10.2. The van der Waals surface area contributed by atoms with Crippen molar-refractivity contribution in [1.29, 1.82) is 0 Å². The fourth-order valence-electron chi connectivity index (χ4n) is 5.39. The van der Waals surface area contributed by atoms with Crippen molar-refractivity contribution in [2.45, 2.75) is 44.6 Å². The third kappa shape index (κ3) is 3.22. The van der Waals surface area contributed by atoms with Crippen molar-refractivity contribution >= 4 is 22.3 Å². The molecule has 4 nitrogen and oxygen atoms in total. The molecule has 2 aromatic heterocycles. The highest BCUT2D eigenvalue weighted by molar-refractivity contribution is 5.83. The SMILES string of the molecule is OC1CCc2c(N3CCc4cc(CCCc5c[nH]c6ccccc56)ccc43)ccnc21. The summed E-state index contributed by atoms with van der Waals surface area (Å²) in [7, 11) is 0. The number of para-hydroxylation sites is 1. The molecule has 2 N–H and O–H groups in total. The maximum absolute atomic E-state index is 10.2. The summed E-state index contributed by atoms with van der Waals surface area (Å²) >= 11 is 0. The lowest BCUT2D eigenvalue weighted by atomic mass is 10.0. The van der Waals surface area contributed by atoms with E-state index in [1.54, 1.807) is 0 Å². The molecule has 6 rings (SSSR count). The first-order valence-corrected chi connectivity index (χ1v) is 11.4. The van der Waals surface area contributed by atoms with Gasteiger partial charge < -0.3 is 15.0 Å². The normalized spacial score (nSPS) is 17.3. The number of aryl methyl sites for hydroxylation is 2. The van der Waals surface area contributed by atoms with Crippen LogP contribution in [-0.2, 0) is 25.7 Å². The van der Waals surface area contributed by atoms with Crippen molar-refractivity contribution in [2.24, 2.45) is 0 Å². The number of aromatic amines is 1. The molecule has 0 radical (unpaired) electrons. The number of fused-ring (bicyclic) bond motifs is 3. The number of nitrogens with zero attached hydrogens (tertiary/aromatic N) is 2. The van der Waals surface area contributed by atoms with Crippen LogP contribution in [0, 0.1) is 0 Å². The molecular formula is C27H27N3O. The second-order valence-corrected chi connectivity index (χ2v) is 8.83. The lowest BCUT2D eigenvalue weighted by molar-refractivity contribution is 0.176. The van der Waals surface area contributed by atoms with Gasteiger partial charge in [0, 0.05) is 46.8 Å². The van der Waals surface area contributed by atoms with Gasteiger partial charge in [-0.15, -0.1) is 0 Å². The van der Waals surface area contributed by atoms with E-state index in [1.807, 2.05) is 6.20 Å². The van der Waals surface area contributed by atoms with Gasteiger partial charge in [0.25, 0.3) is 0 Å². The van der Waals surface area contributed by atoms with Crippen LogP contribution in [0.1, 0.15) is 46.9 Å². The van der Waals surface area contributed by atoms with Gasteiger partial charge in [0.1, 0.15) is 0 Å². The van der Waals surface area contributed by atoms with Crippen molar-refractivity contribution in [3.8, 4) is 0 Å². The van der Waals surface area contributed by atoms with Gasteiger partial charge in [-0.3, -0.25) is 4.98 Å². The number of nitrogens with one attached hydrogen (secondary N) is 1. The topological polar surface area (TPSA) is 52.1 Å². The van der Waals surface area contributed by atoms with E-state index in [0.29, 0.717) is 0 Å². The zero-order chi connectivity index (χ0) is 20.8. The van der Waals surface area contributed by atoms with Gasteiger partial charge in [-0.05, 0) is 73.4 Å². The van der Waals surface area contributed by atoms with Crippen LogP contribution in [0.25, 0.3) is 10.9 Å². The molecule has 0 amide bonds. The second kappa shape index (κ2) is 7.54. The summed E-state index contributed by atoms with van der Waals surface area (Å²) in [5, 5.41) is 11.6. The predicted octanol–water partition coefficient (Wildman–Crippen LogP) is 5.41. The van der Waals surface area contributed by atoms with Crippen LogP contribution in [0.3, 0.4) is 0 Å². The fraction of sp³-hybridized carbons (Fsp3) is 0.296. The number of hydrogen-bond acceptors (Lipinski definition) is 3. The Morgan fingerprint density at radius 2 is 1.97 bits per heavy atom. The Labute approximate surface area is 182 Å². The molecule has 0 fully saturated rings. The number of pyridine rings is 1. The Hall–Kier alpha value is -3.11. The van der Waals surface area contributed by atoms with E-state index in [1.165, 1.54) is 44.5 Å². The summed E-state index contributed by atoms with van der Waals surface area (Å²) < 4.78 is 0. The lowest BCUT2D eigenvalue weighted by Gasteiger charge is -2.22. The van der Waals surface area contributed by atoms with E-state index < -0.39 is 6.10 Å². The third-order valence-corrected chi connectivity index (χ3v) is 6.96. The number of rotatable bonds is 5. The van der Waals surface area contributed by atoms with Crippen LogP contribution in [0.4, 0.5) is 11.4 Å². The van der Waals surface area contributed by atoms with E-state index in [-0.39, 0.29) is 0 Å². The van der Waals surface area contributed by atoms with Gasteiger partial charge in [0.05, 0.1) is 11.8 Å². The molecule has 3 heterocycles. The summed E-state index contributed by atoms with van der Waals surface area (Å²) in [6, 6.07) is 17.7. The first kappa shape index (κ1) is 18.6. The van der Waals surface area contributed by atoms with E-state index in [9.17, 15) is 5.11 Å². The van der Waals surface area contributed by atoms with Gasteiger partial charge in [-0.25, -0.2) is 0 Å². The van der Waals surface area contributed by atoms with Gasteiger partial charge >= 0.3 is 0 Å². The molecule has 1 unspecified atom stereocenters. The minimum atomic E-state index is -0.406. The monoisotopic (exact) mass is 409 g/mol. The number of benzene rings is 2. The molecule has 156 valence electrons. The van der Waals surface area contributed by atoms with Crippen molar-refractivity contribution < 1.29 is 5.11 Å². The molecule has 1 aliphatic heterocycles. The Bertz CT molecular complexity index is 1260. The van der Waals surface area contributed by atoms with Gasteiger partial charge in [-0.1, -0.05) is 30.3 Å². The third-order valence-electron chi connectivity index (χ3n) is 6.96. The number of H-pyrrole nitrogens is 1. The molecule has 0 bridgehead atoms. The summed E-state index contributed by atoms with van der Waals surface area (Å²) in [5.74, 6) is 0. The molecule has 4 aromatic rings. The van der Waals surface area contributed by atoms with Crippen molar-refractivity contribution in [3.63, 3.8) is 0 Å². The Morgan fingerprint density at radius 1 is 1.03 bits per heavy atom. The van der Waals surface area contributed by atoms with Crippen molar-refractivity contribution in [3.05, 3.63) is 88.9 Å². The number of hydrogen-bond donors (Lipinski definition) is 2. The zero-order valence-corrected chi connectivity index (χ0v) is 17.6. The standard InChI is InChI=1S/C27H27N3O/c31-26-11-9-22-25(12-14-28-27(22)26)30-15-13-19-16-18(8-10-24(19)30)4-3-5-20-17-29-23-7-2-1-6-21(20)23/h1-2,6-8,10,12,14,16-17,26,29,31H,3-5,9,11,13,15H2. The van der Waals surface area contributed by atoms with Gasteiger partial charge in [0.2, 0.25) is 0 Å². The first-order chi connectivity index (χ1) is 15.3. The molecular weight excluding hydrogens is 382 g/mol. The van der Waals surface area contributed by atoms with Crippen LogP contribution < -0.4 is 4.90 Å². The Morgan fingerprint density at radius 3 is 2.94 bits per heavy atom. The molecule has 0 saturated heterocycles. The van der Waals surface area contributed by atoms with Crippen LogP contribution >= 0.6 is 0 Å². The molecule has 2 aromatic carbocycles. The first-order valence-electron chi connectivity index (χ1n) is 11.4. The Balaban J connectivity index is 1.18. The van der Waals surface area contributed by atoms with Gasteiger partial charge in [-0.2, -0.15) is 0 Å². The molecule has 1 atom stereocenters. The average molecular weight is 410 g/mol.